The van der Waals surface area contributed by atoms with E-state index < -0.39 is 0 Å². The molecule has 0 saturated heterocycles. The van der Waals surface area contributed by atoms with Crippen molar-refractivity contribution < 1.29 is 14.3 Å². The number of halogens is 1. The van der Waals surface area contributed by atoms with Crippen LogP contribution in [0.2, 0.25) is 5.02 Å². The van der Waals surface area contributed by atoms with Gasteiger partial charge in [-0.1, -0.05) is 29.0 Å². The number of hydrogen-bond acceptors (Lipinski definition) is 7. The van der Waals surface area contributed by atoms with E-state index in [-0.39, 0.29) is 12.7 Å². The number of hydrogen-bond donors (Lipinski definition) is 2. The van der Waals surface area contributed by atoms with Gasteiger partial charge in [0.15, 0.2) is 16.6 Å². The summed E-state index contributed by atoms with van der Waals surface area (Å²) in [5.41, 5.74) is 1.58. The summed E-state index contributed by atoms with van der Waals surface area (Å²) in [5, 5.41) is 7.13. The molecule has 0 aliphatic carbocycles. The molecule has 7 nitrogen and oxygen atoms in total. The van der Waals surface area contributed by atoms with E-state index in [2.05, 4.69) is 20.6 Å². The number of nitrogens with zero attached hydrogens (tertiary/aromatic N) is 2. The third kappa shape index (κ3) is 3.96. The van der Waals surface area contributed by atoms with Gasteiger partial charge in [-0.2, -0.15) is 0 Å². The molecule has 0 saturated carbocycles. The Hall–Kier alpha value is -2.84. The van der Waals surface area contributed by atoms with Crippen molar-refractivity contribution in [3.05, 3.63) is 57.7 Å². The van der Waals surface area contributed by atoms with Crippen LogP contribution in [0.4, 0.5) is 10.9 Å². The van der Waals surface area contributed by atoms with Crippen LogP contribution >= 0.6 is 22.9 Å². The Morgan fingerprint density at radius 3 is 2.93 bits per heavy atom. The number of thiazole rings is 1. The van der Waals surface area contributed by atoms with Crippen molar-refractivity contribution in [1.29, 1.82) is 0 Å². The van der Waals surface area contributed by atoms with E-state index in [4.69, 9.17) is 21.1 Å². The molecular formula is C18H15ClN4O3S. The van der Waals surface area contributed by atoms with Crippen molar-refractivity contribution in [3.8, 4) is 11.5 Å². The minimum atomic E-state index is -0.181. The lowest BCUT2D eigenvalue weighted by Crippen LogP contribution is -2.22. The molecule has 0 unspecified atom stereocenters. The second-order valence-electron chi connectivity index (χ2n) is 5.79. The molecule has 4 rings (SSSR count). The summed E-state index contributed by atoms with van der Waals surface area (Å²) < 4.78 is 10.6. The van der Waals surface area contributed by atoms with Crippen LogP contribution in [0.1, 0.15) is 20.9 Å². The highest BCUT2D eigenvalue weighted by atomic mass is 35.5. The maximum Gasteiger partial charge on any atom is 0.263 e. The highest BCUT2D eigenvalue weighted by Gasteiger charge is 2.17. The Labute approximate surface area is 164 Å². The maximum absolute atomic E-state index is 12.5. The van der Waals surface area contributed by atoms with Gasteiger partial charge in [0, 0.05) is 12.7 Å². The molecule has 0 bridgehead atoms. The number of ether oxygens (including phenoxy) is 2. The maximum atomic E-state index is 12.5. The van der Waals surface area contributed by atoms with Crippen LogP contribution in [-0.4, -0.2) is 22.7 Å². The van der Waals surface area contributed by atoms with Crippen molar-refractivity contribution in [1.82, 2.24) is 15.3 Å². The van der Waals surface area contributed by atoms with E-state index in [0.29, 0.717) is 38.8 Å². The summed E-state index contributed by atoms with van der Waals surface area (Å²) in [4.78, 5) is 21.6. The number of fused-ring (bicyclic) bond motifs is 1. The summed E-state index contributed by atoms with van der Waals surface area (Å²) >= 11 is 7.10. The minimum Gasteiger partial charge on any atom is -0.454 e. The molecule has 0 atom stereocenters. The van der Waals surface area contributed by atoms with Gasteiger partial charge in [-0.15, -0.1) is 0 Å². The number of rotatable bonds is 5. The van der Waals surface area contributed by atoms with Gasteiger partial charge in [0.05, 0.1) is 10.7 Å². The van der Waals surface area contributed by atoms with E-state index >= 15 is 0 Å². The first-order valence-corrected chi connectivity index (χ1v) is 9.30. The number of pyridine rings is 1. The van der Waals surface area contributed by atoms with E-state index in [1.807, 2.05) is 18.2 Å². The zero-order chi connectivity index (χ0) is 18.8. The largest absolute Gasteiger partial charge is 0.454 e. The third-order valence-electron chi connectivity index (χ3n) is 3.86. The predicted octanol–water partition coefficient (Wildman–Crippen LogP) is 3.90. The summed E-state index contributed by atoms with van der Waals surface area (Å²) in [5.74, 6) is 1.84. The molecular weight excluding hydrogens is 388 g/mol. The first kappa shape index (κ1) is 17.6. The van der Waals surface area contributed by atoms with Crippen LogP contribution in [0.15, 0.2) is 36.5 Å². The quantitative estimate of drug-likeness (QED) is 0.673. The molecule has 2 aromatic heterocycles. The predicted molar refractivity (Wildman–Crippen MR) is 103 cm³/mol. The topological polar surface area (TPSA) is 85.4 Å². The van der Waals surface area contributed by atoms with Crippen LogP contribution in [0.3, 0.4) is 0 Å². The van der Waals surface area contributed by atoms with Gasteiger partial charge < -0.3 is 20.1 Å². The van der Waals surface area contributed by atoms with Crippen LogP contribution < -0.4 is 20.1 Å². The van der Waals surface area contributed by atoms with Gasteiger partial charge in [0.2, 0.25) is 6.79 Å². The SMILES string of the molecule is Cc1nc(Nc2ccc(Cl)cn2)sc1C(=O)NCc1ccc2c(c1)OCO2. The summed E-state index contributed by atoms with van der Waals surface area (Å²) in [6.45, 7) is 2.41. The summed E-state index contributed by atoms with van der Waals surface area (Å²) in [6, 6.07) is 9.07. The molecule has 9 heteroatoms. The zero-order valence-corrected chi connectivity index (χ0v) is 15.9. The Kier molecular flexibility index (Phi) is 4.83. The average Bonchev–Trinajstić information content (AvgIpc) is 3.27. The number of aromatic nitrogens is 2. The minimum absolute atomic E-state index is 0.181. The molecule has 3 aromatic rings. The number of carbonyl (C=O) groups excluding carboxylic acids is 1. The molecule has 1 aliphatic heterocycles. The van der Waals surface area contributed by atoms with Crippen LogP contribution in [0, 0.1) is 6.92 Å². The fourth-order valence-corrected chi connectivity index (χ4v) is 3.53. The van der Waals surface area contributed by atoms with E-state index in [1.165, 1.54) is 11.3 Å². The first-order chi connectivity index (χ1) is 13.1. The Morgan fingerprint density at radius 1 is 1.26 bits per heavy atom. The molecule has 0 fully saturated rings. The molecule has 2 N–H and O–H groups in total. The first-order valence-electron chi connectivity index (χ1n) is 8.11. The highest BCUT2D eigenvalue weighted by Crippen LogP contribution is 2.32. The summed E-state index contributed by atoms with van der Waals surface area (Å²) in [6.07, 6.45) is 1.54. The van der Waals surface area contributed by atoms with Gasteiger partial charge in [-0.25, -0.2) is 9.97 Å². The summed E-state index contributed by atoms with van der Waals surface area (Å²) in [7, 11) is 0. The number of carbonyl (C=O) groups is 1. The van der Waals surface area contributed by atoms with Gasteiger partial charge >= 0.3 is 0 Å². The lowest BCUT2D eigenvalue weighted by atomic mass is 10.2. The van der Waals surface area contributed by atoms with Crippen LogP contribution in [-0.2, 0) is 6.54 Å². The van der Waals surface area contributed by atoms with E-state index in [0.717, 1.165) is 11.3 Å². The molecule has 138 valence electrons. The van der Waals surface area contributed by atoms with Crippen molar-refractivity contribution in [3.63, 3.8) is 0 Å². The van der Waals surface area contributed by atoms with Gasteiger partial charge in [-0.05, 0) is 36.8 Å². The Morgan fingerprint density at radius 2 is 2.11 bits per heavy atom. The van der Waals surface area contributed by atoms with Crippen molar-refractivity contribution >= 4 is 39.8 Å². The Balaban J connectivity index is 1.41. The molecule has 1 amide bonds. The fraction of sp³-hybridized carbons (Fsp3) is 0.167. The van der Waals surface area contributed by atoms with E-state index in [9.17, 15) is 4.79 Å². The van der Waals surface area contributed by atoms with Crippen LogP contribution in [0.25, 0.3) is 0 Å². The standard InChI is InChI=1S/C18H15ClN4O3S/c1-10-16(27-18(22-10)23-15-5-3-12(19)8-20-15)17(24)21-7-11-2-4-13-14(6-11)26-9-25-13/h2-6,8H,7,9H2,1H3,(H,21,24)(H,20,22,23). The second kappa shape index (κ2) is 7.42. The fourth-order valence-electron chi connectivity index (χ4n) is 2.53. The lowest BCUT2D eigenvalue weighted by Gasteiger charge is -2.05. The van der Waals surface area contributed by atoms with Gasteiger partial charge in [-0.3, -0.25) is 4.79 Å². The molecule has 27 heavy (non-hydrogen) atoms. The van der Waals surface area contributed by atoms with Crippen molar-refractivity contribution in [2.24, 2.45) is 0 Å². The smallest absolute Gasteiger partial charge is 0.263 e. The van der Waals surface area contributed by atoms with Gasteiger partial charge in [0.25, 0.3) is 5.91 Å². The third-order valence-corrected chi connectivity index (χ3v) is 5.15. The number of nitrogens with one attached hydrogen (secondary N) is 2. The molecule has 1 aromatic carbocycles. The average molecular weight is 403 g/mol. The molecule has 1 aliphatic rings. The molecule has 3 heterocycles. The lowest BCUT2D eigenvalue weighted by molar-refractivity contribution is 0.0954. The molecule has 0 radical (unpaired) electrons. The number of benzene rings is 1. The molecule has 0 spiro atoms. The normalized spacial score (nSPS) is 12.1. The Bertz CT molecular complexity index is 991. The second-order valence-corrected chi connectivity index (χ2v) is 7.23. The van der Waals surface area contributed by atoms with Crippen molar-refractivity contribution in [2.45, 2.75) is 13.5 Å². The number of anilines is 2. The number of amides is 1. The monoisotopic (exact) mass is 402 g/mol. The number of aryl methyl sites for hydroxylation is 1. The van der Waals surface area contributed by atoms with Crippen molar-refractivity contribution in [2.75, 3.05) is 12.1 Å². The van der Waals surface area contributed by atoms with Crippen LogP contribution in [0.5, 0.6) is 11.5 Å². The zero-order valence-electron chi connectivity index (χ0n) is 14.3. The highest BCUT2D eigenvalue weighted by molar-refractivity contribution is 7.17. The van der Waals surface area contributed by atoms with E-state index in [1.54, 1.807) is 25.3 Å². The van der Waals surface area contributed by atoms with Gasteiger partial charge in [0.1, 0.15) is 10.7 Å².